The van der Waals surface area contributed by atoms with E-state index >= 15 is 0 Å². The van der Waals surface area contributed by atoms with Crippen LogP contribution in [0.4, 0.5) is 0 Å². The number of nitrogens with zero attached hydrogens (tertiary/aromatic N) is 1. The van der Waals surface area contributed by atoms with Crippen molar-refractivity contribution in [3.63, 3.8) is 0 Å². The molecule has 2 aromatic rings. The summed E-state index contributed by atoms with van der Waals surface area (Å²) in [5, 5.41) is 3.49. The highest BCUT2D eigenvalue weighted by Crippen LogP contribution is 2.15. The van der Waals surface area contributed by atoms with E-state index in [1.807, 2.05) is 31.3 Å². The van der Waals surface area contributed by atoms with Crippen LogP contribution in [-0.4, -0.2) is 11.6 Å². The third kappa shape index (κ3) is 4.07. The Balaban J connectivity index is 1.93. The molecule has 100 valence electrons. The molecule has 0 aliphatic rings. The summed E-state index contributed by atoms with van der Waals surface area (Å²) in [5.74, 6) is 0.927. The van der Waals surface area contributed by atoms with Crippen LogP contribution in [0.5, 0.6) is 5.75 Å². The first-order valence-corrected chi connectivity index (χ1v) is 6.64. The third-order valence-corrected chi connectivity index (χ3v) is 3.01. The summed E-state index contributed by atoms with van der Waals surface area (Å²) in [4.78, 5) is 4.14. The topological polar surface area (TPSA) is 34.1 Å². The maximum absolute atomic E-state index is 5.50. The lowest BCUT2D eigenvalue weighted by Crippen LogP contribution is -2.18. The van der Waals surface area contributed by atoms with E-state index in [1.54, 1.807) is 6.20 Å². The molecule has 0 saturated carbocycles. The van der Waals surface area contributed by atoms with E-state index < -0.39 is 0 Å². The van der Waals surface area contributed by atoms with Gasteiger partial charge in [-0.25, -0.2) is 0 Å². The third-order valence-electron chi connectivity index (χ3n) is 3.01. The smallest absolute Gasteiger partial charge is 0.119 e. The maximum Gasteiger partial charge on any atom is 0.119 e. The van der Waals surface area contributed by atoms with Crippen LogP contribution < -0.4 is 10.1 Å². The monoisotopic (exact) mass is 256 g/mol. The number of aromatic nitrogens is 1. The van der Waals surface area contributed by atoms with Crippen molar-refractivity contribution in [2.45, 2.75) is 26.4 Å². The number of pyridine rings is 1. The number of hydrogen-bond donors (Lipinski definition) is 1. The van der Waals surface area contributed by atoms with Crippen molar-refractivity contribution in [1.82, 2.24) is 10.3 Å². The fourth-order valence-corrected chi connectivity index (χ4v) is 1.93. The highest BCUT2D eigenvalue weighted by Gasteiger charge is 2.04. The molecule has 1 aromatic heterocycles. The van der Waals surface area contributed by atoms with Gasteiger partial charge in [0.05, 0.1) is 6.61 Å². The Morgan fingerprint density at radius 2 is 2.16 bits per heavy atom. The molecule has 3 heteroatoms. The standard InChI is InChI=1S/C16H20N2O/c1-3-19-16-8-4-6-14(10-16)11-18-13(2)15-7-5-9-17-12-15/h4-10,12-13,18H,3,11H2,1-2H3/t13-/m1/s1. The number of hydrogen-bond acceptors (Lipinski definition) is 3. The molecule has 1 heterocycles. The molecule has 0 aliphatic carbocycles. The number of nitrogens with one attached hydrogen (secondary N) is 1. The van der Waals surface area contributed by atoms with E-state index in [4.69, 9.17) is 4.74 Å². The molecule has 0 bridgehead atoms. The van der Waals surface area contributed by atoms with Gasteiger partial charge in [-0.05, 0) is 43.2 Å². The van der Waals surface area contributed by atoms with E-state index in [0.717, 1.165) is 12.3 Å². The molecule has 0 fully saturated rings. The van der Waals surface area contributed by atoms with Crippen LogP contribution in [0.15, 0.2) is 48.8 Å². The summed E-state index contributed by atoms with van der Waals surface area (Å²) in [7, 11) is 0. The maximum atomic E-state index is 5.50. The zero-order chi connectivity index (χ0) is 13.5. The Kier molecular flexibility index (Phi) is 4.93. The van der Waals surface area contributed by atoms with Crippen molar-refractivity contribution in [1.29, 1.82) is 0 Å². The van der Waals surface area contributed by atoms with Gasteiger partial charge < -0.3 is 10.1 Å². The normalized spacial score (nSPS) is 12.1. The Bertz CT molecular complexity index is 499. The number of ether oxygens (including phenoxy) is 1. The Hall–Kier alpha value is -1.87. The lowest BCUT2D eigenvalue weighted by Gasteiger charge is -2.14. The average Bonchev–Trinajstić information content (AvgIpc) is 2.46. The largest absolute Gasteiger partial charge is 0.494 e. The van der Waals surface area contributed by atoms with Crippen molar-refractivity contribution in [2.24, 2.45) is 0 Å². The zero-order valence-corrected chi connectivity index (χ0v) is 11.5. The number of benzene rings is 1. The van der Waals surface area contributed by atoms with Gasteiger partial charge >= 0.3 is 0 Å². The highest BCUT2D eigenvalue weighted by molar-refractivity contribution is 5.28. The van der Waals surface area contributed by atoms with Gasteiger partial charge in [-0.15, -0.1) is 0 Å². The summed E-state index contributed by atoms with van der Waals surface area (Å²) in [6.07, 6.45) is 3.69. The average molecular weight is 256 g/mol. The van der Waals surface area contributed by atoms with E-state index in [2.05, 4.69) is 35.4 Å². The molecule has 19 heavy (non-hydrogen) atoms. The first-order chi connectivity index (χ1) is 9.29. The van der Waals surface area contributed by atoms with E-state index in [-0.39, 0.29) is 6.04 Å². The van der Waals surface area contributed by atoms with Gasteiger partial charge in [0.25, 0.3) is 0 Å². The summed E-state index contributed by atoms with van der Waals surface area (Å²) in [5.41, 5.74) is 2.42. The molecular formula is C16H20N2O. The van der Waals surface area contributed by atoms with Crippen molar-refractivity contribution in [3.05, 3.63) is 59.9 Å². The summed E-state index contributed by atoms with van der Waals surface area (Å²) >= 11 is 0. The minimum atomic E-state index is 0.282. The van der Waals surface area contributed by atoms with Crippen molar-refractivity contribution in [2.75, 3.05) is 6.61 Å². The molecule has 0 radical (unpaired) electrons. The van der Waals surface area contributed by atoms with Crippen LogP contribution in [-0.2, 0) is 6.54 Å². The summed E-state index contributed by atoms with van der Waals surface area (Å²) in [6, 6.07) is 12.5. The van der Waals surface area contributed by atoms with E-state index in [9.17, 15) is 0 Å². The zero-order valence-electron chi connectivity index (χ0n) is 11.5. The fraction of sp³-hybridized carbons (Fsp3) is 0.312. The predicted molar refractivity (Wildman–Crippen MR) is 77.1 cm³/mol. The molecular weight excluding hydrogens is 236 g/mol. The van der Waals surface area contributed by atoms with Crippen molar-refractivity contribution < 1.29 is 4.74 Å². The minimum absolute atomic E-state index is 0.282. The van der Waals surface area contributed by atoms with Crippen molar-refractivity contribution in [3.8, 4) is 5.75 Å². The highest BCUT2D eigenvalue weighted by atomic mass is 16.5. The molecule has 1 N–H and O–H groups in total. The van der Waals surface area contributed by atoms with Crippen LogP contribution >= 0.6 is 0 Å². The summed E-state index contributed by atoms with van der Waals surface area (Å²) in [6.45, 7) is 5.65. The van der Waals surface area contributed by atoms with Crippen LogP contribution in [0.1, 0.15) is 31.0 Å². The molecule has 0 spiro atoms. The molecule has 0 unspecified atom stereocenters. The first kappa shape index (κ1) is 13.6. The van der Waals surface area contributed by atoms with Crippen LogP contribution in [0.25, 0.3) is 0 Å². The molecule has 2 rings (SSSR count). The van der Waals surface area contributed by atoms with Gasteiger partial charge in [0.1, 0.15) is 5.75 Å². The van der Waals surface area contributed by atoms with Gasteiger partial charge in [-0.1, -0.05) is 18.2 Å². The molecule has 1 atom stereocenters. The van der Waals surface area contributed by atoms with Gasteiger partial charge in [-0.3, -0.25) is 4.98 Å². The number of rotatable bonds is 6. The minimum Gasteiger partial charge on any atom is -0.494 e. The van der Waals surface area contributed by atoms with Crippen molar-refractivity contribution >= 4 is 0 Å². The lowest BCUT2D eigenvalue weighted by atomic mass is 10.1. The van der Waals surface area contributed by atoms with Gasteiger partial charge in [0.15, 0.2) is 0 Å². The molecule has 0 aliphatic heterocycles. The van der Waals surface area contributed by atoms with Gasteiger partial charge in [0, 0.05) is 25.0 Å². The van der Waals surface area contributed by atoms with Crippen LogP contribution in [0.3, 0.4) is 0 Å². The van der Waals surface area contributed by atoms with Crippen LogP contribution in [0.2, 0.25) is 0 Å². The lowest BCUT2D eigenvalue weighted by molar-refractivity contribution is 0.339. The van der Waals surface area contributed by atoms with Gasteiger partial charge in [0.2, 0.25) is 0 Å². The fourth-order valence-electron chi connectivity index (χ4n) is 1.93. The quantitative estimate of drug-likeness (QED) is 0.860. The second kappa shape index (κ2) is 6.90. The van der Waals surface area contributed by atoms with E-state index in [1.165, 1.54) is 11.1 Å². The Labute approximate surface area is 114 Å². The second-order valence-electron chi connectivity index (χ2n) is 4.47. The second-order valence-corrected chi connectivity index (χ2v) is 4.47. The molecule has 1 aromatic carbocycles. The summed E-state index contributed by atoms with van der Waals surface area (Å²) < 4.78 is 5.50. The first-order valence-electron chi connectivity index (χ1n) is 6.64. The SMILES string of the molecule is CCOc1cccc(CN[C@H](C)c2cccnc2)c1. The van der Waals surface area contributed by atoms with Crippen LogP contribution in [0, 0.1) is 0 Å². The molecule has 0 saturated heterocycles. The molecule has 3 nitrogen and oxygen atoms in total. The molecule has 0 amide bonds. The Morgan fingerprint density at radius 3 is 2.89 bits per heavy atom. The van der Waals surface area contributed by atoms with Gasteiger partial charge in [-0.2, -0.15) is 0 Å². The predicted octanol–water partition coefficient (Wildman–Crippen LogP) is 3.33. The Morgan fingerprint density at radius 1 is 1.26 bits per heavy atom. The van der Waals surface area contributed by atoms with E-state index in [0.29, 0.717) is 6.61 Å².